The summed E-state index contributed by atoms with van der Waals surface area (Å²) in [5.41, 5.74) is 1.53. The SMILES string of the molecule is CC.CCNC(=O)c1ccc(C)cn1.CN1CCOCC1. The molecule has 1 aliphatic rings. The van der Waals surface area contributed by atoms with E-state index in [1.54, 1.807) is 12.3 Å². The van der Waals surface area contributed by atoms with E-state index in [1.165, 1.54) is 0 Å². The zero-order chi connectivity index (χ0) is 16.1. The number of carbonyl (C=O) groups is 1. The lowest BCUT2D eigenvalue weighted by molar-refractivity contribution is 0.0503. The Kier molecular flexibility index (Phi) is 11.4. The lowest BCUT2D eigenvalue weighted by Crippen LogP contribution is -2.32. The number of hydrogen-bond donors (Lipinski definition) is 1. The fourth-order valence-electron chi connectivity index (χ4n) is 1.51. The van der Waals surface area contributed by atoms with Crippen LogP contribution < -0.4 is 5.32 Å². The molecular formula is C16H29N3O2. The van der Waals surface area contributed by atoms with Crippen LogP contribution in [0, 0.1) is 6.92 Å². The van der Waals surface area contributed by atoms with Crippen LogP contribution in [0.25, 0.3) is 0 Å². The highest BCUT2D eigenvalue weighted by Gasteiger charge is 2.03. The highest BCUT2D eigenvalue weighted by molar-refractivity contribution is 5.92. The van der Waals surface area contributed by atoms with Crippen LogP contribution in [0.5, 0.6) is 0 Å². The Labute approximate surface area is 128 Å². The summed E-state index contributed by atoms with van der Waals surface area (Å²) in [6, 6.07) is 3.60. The maximum absolute atomic E-state index is 11.2. The van der Waals surface area contributed by atoms with Crippen molar-refractivity contribution in [2.45, 2.75) is 27.7 Å². The van der Waals surface area contributed by atoms with Crippen LogP contribution in [-0.2, 0) is 4.74 Å². The Morgan fingerprint density at radius 2 is 1.95 bits per heavy atom. The largest absolute Gasteiger partial charge is 0.379 e. The van der Waals surface area contributed by atoms with Gasteiger partial charge in [0.15, 0.2) is 0 Å². The number of nitrogens with zero attached hydrogens (tertiary/aromatic N) is 2. The van der Waals surface area contributed by atoms with Gasteiger partial charge >= 0.3 is 0 Å². The van der Waals surface area contributed by atoms with E-state index in [4.69, 9.17) is 4.74 Å². The molecule has 1 aromatic rings. The lowest BCUT2D eigenvalue weighted by Gasteiger charge is -2.21. The molecule has 0 atom stereocenters. The molecule has 2 heterocycles. The maximum Gasteiger partial charge on any atom is 0.269 e. The van der Waals surface area contributed by atoms with Gasteiger partial charge in [-0.3, -0.25) is 9.78 Å². The zero-order valence-electron chi connectivity index (χ0n) is 14.0. The second kappa shape index (κ2) is 12.3. The molecule has 120 valence electrons. The summed E-state index contributed by atoms with van der Waals surface area (Å²) in [5.74, 6) is -0.113. The van der Waals surface area contributed by atoms with Crippen LogP contribution in [0.15, 0.2) is 18.3 Å². The summed E-state index contributed by atoms with van der Waals surface area (Å²) in [6.45, 7) is 12.5. The molecule has 0 aromatic carbocycles. The highest BCUT2D eigenvalue weighted by atomic mass is 16.5. The molecular weight excluding hydrogens is 266 g/mol. The number of aryl methyl sites for hydroxylation is 1. The number of morpholine rings is 1. The van der Waals surface area contributed by atoms with Gasteiger partial charge in [0.05, 0.1) is 13.2 Å². The first-order chi connectivity index (χ1) is 10.1. The number of aromatic nitrogens is 1. The van der Waals surface area contributed by atoms with Crippen LogP contribution >= 0.6 is 0 Å². The summed E-state index contributed by atoms with van der Waals surface area (Å²) in [7, 11) is 2.11. The first-order valence-electron chi connectivity index (χ1n) is 7.60. The van der Waals surface area contributed by atoms with Crippen molar-refractivity contribution in [2.24, 2.45) is 0 Å². The number of pyridine rings is 1. The molecule has 5 nitrogen and oxygen atoms in total. The minimum absolute atomic E-state index is 0.113. The number of carbonyl (C=O) groups excluding carboxylic acids is 1. The van der Waals surface area contributed by atoms with Crippen molar-refractivity contribution >= 4 is 5.91 Å². The number of hydrogen-bond acceptors (Lipinski definition) is 4. The van der Waals surface area contributed by atoms with Crippen molar-refractivity contribution in [3.05, 3.63) is 29.6 Å². The third kappa shape index (κ3) is 9.15. The van der Waals surface area contributed by atoms with Crippen molar-refractivity contribution in [1.29, 1.82) is 0 Å². The van der Waals surface area contributed by atoms with E-state index in [1.807, 2.05) is 33.8 Å². The quantitative estimate of drug-likeness (QED) is 0.908. The molecule has 0 bridgehead atoms. The van der Waals surface area contributed by atoms with E-state index in [9.17, 15) is 4.79 Å². The van der Waals surface area contributed by atoms with Gasteiger partial charge in [-0.1, -0.05) is 19.9 Å². The molecule has 0 unspecified atom stereocenters. The van der Waals surface area contributed by atoms with Gasteiger partial charge in [0.25, 0.3) is 5.91 Å². The Balaban J connectivity index is 0.000000377. The van der Waals surface area contributed by atoms with Gasteiger partial charge in [-0.2, -0.15) is 0 Å². The molecule has 2 rings (SSSR count). The first kappa shape index (κ1) is 19.5. The Hall–Kier alpha value is -1.46. The number of nitrogens with one attached hydrogen (secondary N) is 1. The van der Waals surface area contributed by atoms with Gasteiger partial charge in [0, 0.05) is 25.8 Å². The van der Waals surface area contributed by atoms with Gasteiger partial charge in [-0.15, -0.1) is 0 Å². The summed E-state index contributed by atoms with van der Waals surface area (Å²) in [4.78, 5) is 17.4. The molecule has 1 N–H and O–H groups in total. The topological polar surface area (TPSA) is 54.5 Å². The average molecular weight is 295 g/mol. The molecule has 0 saturated carbocycles. The Morgan fingerprint density at radius 1 is 1.33 bits per heavy atom. The third-order valence-corrected chi connectivity index (χ3v) is 2.72. The minimum atomic E-state index is -0.113. The van der Waals surface area contributed by atoms with Gasteiger partial charge in [-0.25, -0.2) is 0 Å². The van der Waals surface area contributed by atoms with Crippen molar-refractivity contribution in [3.8, 4) is 0 Å². The zero-order valence-corrected chi connectivity index (χ0v) is 14.0. The molecule has 5 heteroatoms. The van der Waals surface area contributed by atoms with E-state index >= 15 is 0 Å². The maximum atomic E-state index is 11.2. The molecule has 0 aliphatic carbocycles. The van der Waals surface area contributed by atoms with Gasteiger partial charge in [-0.05, 0) is 32.5 Å². The van der Waals surface area contributed by atoms with E-state index in [-0.39, 0.29) is 5.91 Å². The second-order valence-corrected chi connectivity index (χ2v) is 4.50. The Morgan fingerprint density at radius 3 is 2.33 bits per heavy atom. The summed E-state index contributed by atoms with van der Waals surface area (Å²) in [5, 5.41) is 2.68. The van der Waals surface area contributed by atoms with Crippen molar-refractivity contribution < 1.29 is 9.53 Å². The smallest absolute Gasteiger partial charge is 0.269 e. The normalized spacial score (nSPS) is 14.1. The summed E-state index contributed by atoms with van der Waals surface area (Å²) >= 11 is 0. The average Bonchev–Trinajstić information content (AvgIpc) is 2.51. The van der Waals surface area contributed by atoms with Crippen molar-refractivity contribution in [2.75, 3.05) is 39.9 Å². The summed E-state index contributed by atoms with van der Waals surface area (Å²) in [6.07, 6.45) is 1.69. The summed E-state index contributed by atoms with van der Waals surface area (Å²) < 4.78 is 5.10. The van der Waals surface area contributed by atoms with Crippen LogP contribution in [0.2, 0.25) is 0 Å². The molecule has 1 aliphatic heterocycles. The fraction of sp³-hybridized carbons (Fsp3) is 0.625. The molecule has 21 heavy (non-hydrogen) atoms. The Bertz CT molecular complexity index is 374. The molecule has 0 spiro atoms. The number of ether oxygens (including phenoxy) is 1. The van der Waals surface area contributed by atoms with Crippen LogP contribution in [-0.4, -0.2) is 55.7 Å². The van der Waals surface area contributed by atoms with Crippen LogP contribution in [0.1, 0.15) is 36.8 Å². The predicted molar refractivity (Wildman–Crippen MR) is 86.6 cm³/mol. The van der Waals surface area contributed by atoms with Gasteiger partial charge in [0.2, 0.25) is 0 Å². The molecule has 1 amide bonds. The second-order valence-electron chi connectivity index (χ2n) is 4.50. The molecule has 1 aromatic heterocycles. The standard InChI is InChI=1S/C9H12N2O.C5H11NO.C2H6/c1-3-10-9(12)8-5-4-7(2)6-11-8;1-6-2-4-7-5-3-6;1-2/h4-6H,3H2,1-2H3,(H,10,12);2-5H2,1H3;1-2H3. The molecule has 1 saturated heterocycles. The third-order valence-electron chi connectivity index (χ3n) is 2.72. The predicted octanol–water partition coefficient (Wildman–Crippen LogP) is 2.11. The van der Waals surface area contributed by atoms with Crippen LogP contribution in [0.3, 0.4) is 0 Å². The molecule has 0 radical (unpaired) electrons. The monoisotopic (exact) mass is 295 g/mol. The van der Waals surface area contributed by atoms with Crippen molar-refractivity contribution in [1.82, 2.24) is 15.2 Å². The lowest BCUT2D eigenvalue weighted by atomic mass is 10.2. The van der Waals surface area contributed by atoms with Gasteiger partial charge in [0.1, 0.15) is 5.69 Å². The van der Waals surface area contributed by atoms with E-state index in [2.05, 4.69) is 22.2 Å². The minimum Gasteiger partial charge on any atom is -0.379 e. The fourth-order valence-corrected chi connectivity index (χ4v) is 1.51. The first-order valence-corrected chi connectivity index (χ1v) is 7.60. The van der Waals surface area contributed by atoms with Crippen molar-refractivity contribution in [3.63, 3.8) is 0 Å². The number of likely N-dealkylation sites (N-methyl/N-ethyl adjacent to an activating group) is 1. The van der Waals surface area contributed by atoms with E-state index in [0.717, 1.165) is 31.9 Å². The van der Waals surface area contributed by atoms with Crippen LogP contribution in [0.4, 0.5) is 0 Å². The van der Waals surface area contributed by atoms with E-state index in [0.29, 0.717) is 12.2 Å². The number of amides is 1. The molecule has 1 fully saturated rings. The van der Waals surface area contributed by atoms with Gasteiger partial charge < -0.3 is 15.0 Å². The van der Waals surface area contributed by atoms with E-state index < -0.39 is 0 Å². The highest BCUT2D eigenvalue weighted by Crippen LogP contribution is 1.97. The number of rotatable bonds is 2.